The molecule has 6 rings (SSSR count). The van der Waals surface area contributed by atoms with Crippen LogP contribution in [0.1, 0.15) is 64.8 Å². The lowest BCUT2D eigenvalue weighted by Crippen LogP contribution is -2.35. The van der Waals surface area contributed by atoms with Crippen molar-refractivity contribution in [3.05, 3.63) is 58.3 Å². The lowest BCUT2D eigenvalue weighted by atomic mass is 9.85. The first-order valence-electron chi connectivity index (χ1n) is 13.0. The quantitative estimate of drug-likeness (QED) is 0.574. The average Bonchev–Trinajstić information content (AvgIpc) is 3.48. The molecule has 2 fully saturated rings. The van der Waals surface area contributed by atoms with E-state index in [1.54, 1.807) is 6.07 Å². The van der Waals surface area contributed by atoms with Crippen molar-refractivity contribution < 1.29 is 14.6 Å². The summed E-state index contributed by atoms with van der Waals surface area (Å²) in [7, 11) is 0. The van der Waals surface area contributed by atoms with Gasteiger partial charge in [0.1, 0.15) is 5.75 Å². The Kier molecular flexibility index (Phi) is 6.20. The Morgan fingerprint density at radius 2 is 1.86 bits per heavy atom. The molecule has 2 N–H and O–H groups in total. The van der Waals surface area contributed by atoms with Gasteiger partial charge >= 0.3 is 0 Å². The molecular formula is C28H34N4O3. The second-order valence-corrected chi connectivity index (χ2v) is 10.4. The van der Waals surface area contributed by atoms with E-state index >= 15 is 0 Å². The first kappa shape index (κ1) is 22.6. The topological polar surface area (TPSA) is 81.7 Å². The number of nitrogens with one attached hydrogen (secondary N) is 1. The number of morpholine rings is 1. The summed E-state index contributed by atoms with van der Waals surface area (Å²) in [6.07, 6.45) is 7.39. The Hall–Kier alpha value is -2.90. The molecule has 3 aromatic rings. The van der Waals surface area contributed by atoms with Gasteiger partial charge in [-0.15, -0.1) is 0 Å². The fourth-order valence-electron chi connectivity index (χ4n) is 5.98. The molecule has 1 aromatic heterocycles. The minimum atomic E-state index is -0.125. The van der Waals surface area contributed by atoms with E-state index in [0.29, 0.717) is 24.6 Å². The number of carbonyl (C=O) groups is 1. The molecule has 0 atom stereocenters. The lowest BCUT2D eigenvalue weighted by molar-refractivity contribution is 0.0342. The average molecular weight is 475 g/mol. The number of benzene rings is 2. The summed E-state index contributed by atoms with van der Waals surface area (Å²) in [4.78, 5) is 17.8. The first-order chi connectivity index (χ1) is 17.1. The van der Waals surface area contributed by atoms with Crippen LogP contribution in [-0.4, -0.2) is 57.3 Å². The standard InChI is InChI=1S/C28H34N4O3/c33-27-15-26-23(25(29-30-26)13-19-4-2-1-3-5-19)14-24(27)28(34)32-17-21-7-6-20(12-22(21)18-32)16-31-8-10-35-11-9-31/h6-7,12,14-15,19,33H,1-5,8-11,13,16-18H2,(H,29,30). The second-order valence-electron chi connectivity index (χ2n) is 10.4. The Morgan fingerprint density at radius 1 is 1.06 bits per heavy atom. The predicted octanol–water partition coefficient (Wildman–Crippen LogP) is 4.38. The number of hydrogen-bond donors (Lipinski definition) is 2. The highest BCUT2D eigenvalue weighted by Crippen LogP contribution is 2.33. The number of carbonyl (C=O) groups excluding carboxylic acids is 1. The molecule has 35 heavy (non-hydrogen) atoms. The van der Waals surface area contributed by atoms with Crippen LogP contribution in [0.15, 0.2) is 30.3 Å². The molecule has 0 radical (unpaired) electrons. The van der Waals surface area contributed by atoms with Gasteiger partial charge in [-0.2, -0.15) is 5.10 Å². The summed E-state index contributed by atoms with van der Waals surface area (Å²) < 4.78 is 5.46. The fourth-order valence-corrected chi connectivity index (χ4v) is 5.98. The zero-order valence-electron chi connectivity index (χ0n) is 20.3. The molecule has 0 unspecified atom stereocenters. The minimum absolute atomic E-state index is 0.00202. The fraction of sp³-hybridized carbons (Fsp3) is 0.500. The van der Waals surface area contributed by atoms with Crippen LogP contribution in [0, 0.1) is 5.92 Å². The Bertz CT molecular complexity index is 1220. The number of ether oxygens (including phenoxy) is 1. The number of nitrogens with zero attached hydrogens (tertiary/aromatic N) is 3. The Morgan fingerprint density at radius 3 is 2.69 bits per heavy atom. The van der Waals surface area contributed by atoms with Gasteiger partial charge in [0.25, 0.3) is 5.91 Å². The van der Waals surface area contributed by atoms with E-state index < -0.39 is 0 Å². The maximum absolute atomic E-state index is 13.5. The van der Waals surface area contributed by atoms with E-state index in [2.05, 4.69) is 33.3 Å². The first-order valence-corrected chi connectivity index (χ1v) is 13.0. The number of rotatable bonds is 5. The molecule has 1 saturated carbocycles. The van der Waals surface area contributed by atoms with Crippen molar-refractivity contribution in [1.82, 2.24) is 20.0 Å². The summed E-state index contributed by atoms with van der Waals surface area (Å²) >= 11 is 0. The molecule has 0 bridgehead atoms. The molecular weight excluding hydrogens is 440 g/mol. The third-order valence-corrected chi connectivity index (χ3v) is 7.99. The van der Waals surface area contributed by atoms with Crippen molar-refractivity contribution in [3.63, 3.8) is 0 Å². The molecule has 7 heteroatoms. The van der Waals surface area contributed by atoms with Crippen LogP contribution in [0.25, 0.3) is 10.9 Å². The van der Waals surface area contributed by atoms with Crippen LogP contribution in [0.5, 0.6) is 5.75 Å². The Labute approximate surface area is 206 Å². The number of H-pyrrole nitrogens is 1. The number of hydrogen-bond acceptors (Lipinski definition) is 5. The summed E-state index contributed by atoms with van der Waals surface area (Å²) in [6.45, 7) is 5.56. The SMILES string of the molecule is O=C(c1cc2c(CC3CCCCC3)[nH]nc2cc1O)N1Cc2ccc(CN3CCOCC3)cc2C1. The van der Waals surface area contributed by atoms with E-state index in [1.165, 1.54) is 48.8 Å². The molecule has 2 aliphatic heterocycles. The van der Waals surface area contributed by atoms with Gasteiger partial charge in [0.05, 0.1) is 24.3 Å². The number of phenols is 1. The van der Waals surface area contributed by atoms with Gasteiger partial charge in [0.2, 0.25) is 0 Å². The largest absolute Gasteiger partial charge is 0.507 e. The van der Waals surface area contributed by atoms with Gasteiger partial charge in [-0.1, -0.05) is 50.3 Å². The van der Waals surface area contributed by atoms with E-state index in [9.17, 15) is 9.90 Å². The molecule has 7 nitrogen and oxygen atoms in total. The molecule has 3 heterocycles. The highest BCUT2D eigenvalue weighted by Gasteiger charge is 2.27. The number of aromatic hydroxyl groups is 1. The van der Waals surface area contributed by atoms with Crippen LogP contribution in [-0.2, 0) is 30.8 Å². The van der Waals surface area contributed by atoms with E-state index in [1.807, 2.05) is 11.0 Å². The molecule has 184 valence electrons. The molecule has 3 aliphatic rings. The van der Waals surface area contributed by atoms with Crippen LogP contribution in [0.3, 0.4) is 0 Å². The minimum Gasteiger partial charge on any atom is -0.507 e. The number of phenolic OH excluding ortho intramolecular Hbond substituents is 1. The van der Waals surface area contributed by atoms with Gasteiger partial charge in [0.15, 0.2) is 0 Å². The number of amides is 1. The van der Waals surface area contributed by atoms with Gasteiger partial charge < -0.3 is 14.7 Å². The highest BCUT2D eigenvalue weighted by atomic mass is 16.5. The number of aromatic amines is 1. The van der Waals surface area contributed by atoms with E-state index in [0.717, 1.165) is 55.9 Å². The van der Waals surface area contributed by atoms with Gasteiger partial charge in [0, 0.05) is 49.9 Å². The smallest absolute Gasteiger partial charge is 0.258 e. The third-order valence-electron chi connectivity index (χ3n) is 7.99. The maximum atomic E-state index is 13.5. The predicted molar refractivity (Wildman–Crippen MR) is 134 cm³/mol. The van der Waals surface area contributed by atoms with E-state index in [-0.39, 0.29) is 11.7 Å². The molecule has 0 spiro atoms. The molecule has 1 aliphatic carbocycles. The summed E-state index contributed by atoms with van der Waals surface area (Å²) in [5.41, 5.74) is 5.83. The number of aromatic nitrogens is 2. The van der Waals surface area contributed by atoms with Crippen LogP contribution in [0.4, 0.5) is 0 Å². The van der Waals surface area contributed by atoms with Crippen molar-refractivity contribution in [2.24, 2.45) is 5.92 Å². The maximum Gasteiger partial charge on any atom is 0.258 e. The van der Waals surface area contributed by atoms with Crippen LogP contribution >= 0.6 is 0 Å². The van der Waals surface area contributed by atoms with Crippen molar-refractivity contribution >= 4 is 16.8 Å². The van der Waals surface area contributed by atoms with E-state index in [4.69, 9.17) is 4.74 Å². The molecule has 1 saturated heterocycles. The highest BCUT2D eigenvalue weighted by molar-refractivity contribution is 6.01. The zero-order valence-corrected chi connectivity index (χ0v) is 20.3. The lowest BCUT2D eigenvalue weighted by Gasteiger charge is -2.26. The van der Waals surface area contributed by atoms with Gasteiger partial charge in [-0.3, -0.25) is 14.8 Å². The van der Waals surface area contributed by atoms with Crippen LogP contribution in [0.2, 0.25) is 0 Å². The second kappa shape index (κ2) is 9.63. The zero-order chi connectivity index (χ0) is 23.8. The van der Waals surface area contributed by atoms with Gasteiger partial charge in [-0.05, 0) is 35.1 Å². The summed E-state index contributed by atoms with van der Waals surface area (Å²) in [5, 5.41) is 19.2. The summed E-state index contributed by atoms with van der Waals surface area (Å²) in [5.74, 6) is 0.544. The normalized spacial score (nSPS) is 19.4. The molecule has 2 aromatic carbocycles. The van der Waals surface area contributed by atoms with Crippen molar-refractivity contribution in [2.45, 2.75) is 58.2 Å². The third kappa shape index (κ3) is 4.67. The Balaban J connectivity index is 1.19. The van der Waals surface area contributed by atoms with Crippen molar-refractivity contribution in [2.75, 3.05) is 26.3 Å². The number of fused-ring (bicyclic) bond motifs is 2. The van der Waals surface area contributed by atoms with Crippen LogP contribution < -0.4 is 0 Å². The molecule has 1 amide bonds. The summed E-state index contributed by atoms with van der Waals surface area (Å²) in [6, 6.07) is 10.0. The van der Waals surface area contributed by atoms with Gasteiger partial charge in [-0.25, -0.2) is 0 Å². The monoisotopic (exact) mass is 474 g/mol. The van der Waals surface area contributed by atoms with Crippen molar-refractivity contribution in [3.8, 4) is 5.75 Å². The van der Waals surface area contributed by atoms with Crippen molar-refractivity contribution in [1.29, 1.82) is 0 Å².